The lowest BCUT2D eigenvalue weighted by atomic mass is 9.95. The summed E-state index contributed by atoms with van der Waals surface area (Å²) in [6.07, 6.45) is 6.73. The van der Waals surface area contributed by atoms with E-state index < -0.39 is 0 Å². The molecule has 1 aromatic heterocycles. The van der Waals surface area contributed by atoms with Gasteiger partial charge in [0.1, 0.15) is 5.82 Å². The second-order valence-electron chi connectivity index (χ2n) is 7.86. The zero-order valence-corrected chi connectivity index (χ0v) is 16.1. The molecule has 2 aromatic rings. The molecule has 28 heavy (non-hydrogen) atoms. The molecule has 2 heterocycles. The van der Waals surface area contributed by atoms with Gasteiger partial charge in [0.05, 0.1) is 12.1 Å². The molecule has 1 unspecified atom stereocenters. The highest BCUT2D eigenvalue weighted by atomic mass is 19.1. The smallest absolute Gasteiger partial charge is 0.228 e. The second kappa shape index (κ2) is 7.73. The number of carbonyl (C=O) groups excluding carboxylic acids is 2. The van der Waals surface area contributed by atoms with Crippen LogP contribution in [-0.4, -0.2) is 44.0 Å². The van der Waals surface area contributed by atoms with Crippen molar-refractivity contribution in [3.63, 3.8) is 0 Å². The number of halogens is 1. The van der Waals surface area contributed by atoms with Crippen LogP contribution < -0.4 is 0 Å². The van der Waals surface area contributed by atoms with Crippen molar-refractivity contribution in [2.75, 3.05) is 6.54 Å². The van der Waals surface area contributed by atoms with Gasteiger partial charge < -0.3 is 9.80 Å². The van der Waals surface area contributed by atoms with Gasteiger partial charge in [-0.3, -0.25) is 14.3 Å². The molecule has 1 atom stereocenters. The fraction of sp³-hybridized carbons (Fsp3) is 0.476. The Labute approximate surface area is 163 Å². The lowest BCUT2D eigenvalue weighted by Crippen LogP contribution is -2.47. The van der Waals surface area contributed by atoms with E-state index in [1.165, 1.54) is 12.1 Å². The Morgan fingerprint density at radius 3 is 2.79 bits per heavy atom. The van der Waals surface area contributed by atoms with Crippen LogP contribution in [0.2, 0.25) is 0 Å². The molecular weight excluding hydrogens is 359 g/mol. The van der Waals surface area contributed by atoms with Crippen molar-refractivity contribution in [1.29, 1.82) is 0 Å². The predicted octanol–water partition coefficient (Wildman–Crippen LogP) is 2.49. The third kappa shape index (κ3) is 4.24. The summed E-state index contributed by atoms with van der Waals surface area (Å²) in [5.41, 5.74) is 1.77. The monoisotopic (exact) mass is 384 g/mol. The zero-order chi connectivity index (χ0) is 19.7. The largest absolute Gasteiger partial charge is 0.338 e. The first-order valence-electron chi connectivity index (χ1n) is 9.80. The molecule has 4 rings (SSSR count). The molecule has 1 saturated heterocycles. The summed E-state index contributed by atoms with van der Waals surface area (Å²) in [6, 6.07) is 6.57. The Hall–Kier alpha value is -2.70. The van der Waals surface area contributed by atoms with E-state index in [1.54, 1.807) is 27.9 Å². The fourth-order valence-corrected chi connectivity index (χ4v) is 3.88. The van der Waals surface area contributed by atoms with Gasteiger partial charge in [-0.1, -0.05) is 12.1 Å². The van der Waals surface area contributed by atoms with Gasteiger partial charge in [-0.2, -0.15) is 5.10 Å². The summed E-state index contributed by atoms with van der Waals surface area (Å²) in [6.45, 7) is 1.29. The van der Waals surface area contributed by atoms with Crippen molar-refractivity contribution in [3.8, 4) is 0 Å². The van der Waals surface area contributed by atoms with Crippen LogP contribution in [-0.2, 0) is 29.7 Å². The first-order chi connectivity index (χ1) is 13.5. The minimum Gasteiger partial charge on any atom is -0.338 e. The molecule has 0 N–H and O–H groups in total. The van der Waals surface area contributed by atoms with Gasteiger partial charge >= 0.3 is 0 Å². The Kier molecular flexibility index (Phi) is 5.15. The molecule has 0 spiro atoms. The Morgan fingerprint density at radius 2 is 2.11 bits per heavy atom. The van der Waals surface area contributed by atoms with Gasteiger partial charge in [-0.25, -0.2) is 4.39 Å². The first kappa shape index (κ1) is 18.7. The molecule has 6 nitrogen and oxygen atoms in total. The maximum Gasteiger partial charge on any atom is 0.228 e. The lowest BCUT2D eigenvalue weighted by molar-refractivity contribution is -0.144. The van der Waals surface area contributed by atoms with Crippen molar-refractivity contribution in [2.45, 2.75) is 44.8 Å². The number of rotatable bonds is 6. The standard InChI is InChI=1S/C21H25FN4O2/c1-24-11-16(10-23-24)13-26(19-6-7-19)21(28)17-5-8-20(27)25(14-17)12-15-3-2-4-18(22)9-15/h2-4,9-11,17,19H,5-8,12-14H2,1H3. The SMILES string of the molecule is Cn1cc(CN(C(=O)C2CCC(=O)N(Cc3cccc(F)c3)C2)C2CC2)cn1. The Balaban J connectivity index is 1.44. The third-order valence-electron chi connectivity index (χ3n) is 5.49. The van der Waals surface area contributed by atoms with Gasteiger partial charge in [0.25, 0.3) is 0 Å². The van der Waals surface area contributed by atoms with E-state index in [1.807, 2.05) is 18.1 Å². The van der Waals surface area contributed by atoms with E-state index >= 15 is 0 Å². The summed E-state index contributed by atoms with van der Waals surface area (Å²) in [4.78, 5) is 29.3. The van der Waals surface area contributed by atoms with Gasteiger partial charge in [0.2, 0.25) is 11.8 Å². The number of piperidine rings is 1. The number of benzene rings is 1. The van der Waals surface area contributed by atoms with Gasteiger partial charge in [-0.05, 0) is 37.0 Å². The normalized spacial score (nSPS) is 19.7. The number of aromatic nitrogens is 2. The molecule has 0 radical (unpaired) electrons. The molecule has 1 aliphatic carbocycles. The minimum atomic E-state index is -0.314. The predicted molar refractivity (Wildman–Crippen MR) is 101 cm³/mol. The maximum atomic E-state index is 13.5. The zero-order valence-electron chi connectivity index (χ0n) is 16.1. The second-order valence-corrected chi connectivity index (χ2v) is 7.86. The van der Waals surface area contributed by atoms with Crippen LogP contribution in [0.5, 0.6) is 0 Å². The molecule has 1 aliphatic heterocycles. The average molecular weight is 384 g/mol. The molecule has 2 aliphatic rings. The number of carbonyl (C=O) groups is 2. The number of hydrogen-bond acceptors (Lipinski definition) is 3. The molecular formula is C21H25FN4O2. The van der Waals surface area contributed by atoms with E-state index in [4.69, 9.17) is 0 Å². The van der Waals surface area contributed by atoms with Crippen molar-refractivity contribution >= 4 is 11.8 Å². The number of hydrogen-bond donors (Lipinski definition) is 0. The van der Waals surface area contributed by atoms with Crippen LogP contribution in [0.25, 0.3) is 0 Å². The van der Waals surface area contributed by atoms with Crippen molar-refractivity contribution in [3.05, 3.63) is 53.6 Å². The van der Waals surface area contributed by atoms with Crippen LogP contribution in [0.3, 0.4) is 0 Å². The van der Waals surface area contributed by atoms with E-state index in [9.17, 15) is 14.0 Å². The number of aryl methyl sites for hydroxylation is 1. The summed E-state index contributed by atoms with van der Waals surface area (Å²) >= 11 is 0. The van der Waals surface area contributed by atoms with Crippen LogP contribution >= 0.6 is 0 Å². The highest BCUT2D eigenvalue weighted by molar-refractivity contribution is 5.84. The number of nitrogens with zero attached hydrogens (tertiary/aromatic N) is 4. The molecule has 148 valence electrons. The van der Waals surface area contributed by atoms with Gasteiger partial charge in [-0.15, -0.1) is 0 Å². The molecule has 2 fully saturated rings. The molecule has 7 heteroatoms. The number of amides is 2. The van der Waals surface area contributed by atoms with E-state index in [-0.39, 0.29) is 23.5 Å². The van der Waals surface area contributed by atoms with Crippen LogP contribution in [0, 0.1) is 11.7 Å². The van der Waals surface area contributed by atoms with Crippen molar-refractivity contribution in [1.82, 2.24) is 19.6 Å². The molecule has 1 aromatic carbocycles. The highest BCUT2D eigenvalue weighted by Gasteiger charge is 2.38. The first-order valence-corrected chi connectivity index (χ1v) is 9.80. The van der Waals surface area contributed by atoms with E-state index in [0.717, 1.165) is 24.0 Å². The van der Waals surface area contributed by atoms with Crippen LogP contribution in [0.1, 0.15) is 36.8 Å². The topological polar surface area (TPSA) is 58.4 Å². The van der Waals surface area contributed by atoms with E-state index in [0.29, 0.717) is 38.5 Å². The molecule has 0 bridgehead atoms. The summed E-state index contributed by atoms with van der Waals surface area (Å²) in [5, 5.41) is 4.19. The highest BCUT2D eigenvalue weighted by Crippen LogP contribution is 2.32. The van der Waals surface area contributed by atoms with Gasteiger partial charge in [0, 0.05) is 50.9 Å². The quantitative estimate of drug-likeness (QED) is 0.769. The molecule has 1 saturated carbocycles. The summed E-state index contributed by atoms with van der Waals surface area (Å²) < 4.78 is 15.2. The van der Waals surface area contributed by atoms with Crippen molar-refractivity contribution in [2.24, 2.45) is 13.0 Å². The summed E-state index contributed by atoms with van der Waals surface area (Å²) in [5.74, 6) is -0.379. The van der Waals surface area contributed by atoms with Crippen molar-refractivity contribution < 1.29 is 14.0 Å². The summed E-state index contributed by atoms with van der Waals surface area (Å²) in [7, 11) is 1.86. The van der Waals surface area contributed by atoms with E-state index in [2.05, 4.69) is 5.10 Å². The lowest BCUT2D eigenvalue weighted by Gasteiger charge is -2.35. The Morgan fingerprint density at radius 1 is 1.29 bits per heavy atom. The van der Waals surface area contributed by atoms with Crippen LogP contribution in [0.15, 0.2) is 36.7 Å². The van der Waals surface area contributed by atoms with Gasteiger partial charge in [0.15, 0.2) is 0 Å². The van der Waals surface area contributed by atoms with Crippen LogP contribution in [0.4, 0.5) is 4.39 Å². The maximum absolute atomic E-state index is 13.5. The third-order valence-corrected chi connectivity index (χ3v) is 5.49. The Bertz CT molecular complexity index is 877. The fourth-order valence-electron chi connectivity index (χ4n) is 3.88. The minimum absolute atomic E-state index is 0.0264. The molecule has 2 amide bonds. The average Bonchev–Trinajstić information content (AvgIpc) is 3.43. The number of likely N-dealkylation sites (tertiary alicyclic amines) is 1.